The lowest BCUT2D eigenvalue weighted by molar-refractivity contribution is 0.223. The second-order valence-corrected chi connectivity index (χ2v) is 9.04. The summed E-state index contributed by atoms with van der Waals surface area (Å²) in [4.78, 5) is 16.7. The van der Waals surface area contributed by atoms with Crippen LogP contribution in [0.2, 0.25) is 0 Å². The molecule has 5 aromatic rings. The Morgan fingerprint density at radius 2 is 1.71 bits per heavy atom. The van der Waals surface area contributed by atoms with Crippen LogP contribution in [0, 0.1) is 5.41 Å². The lowest BCUT2D eigenvalue weighted by Gasteiger charge is -2.15. The number of fused-ring (bicyclic) bond motifs is 2. The molecule has 2 atom stereocenters. The molecule has 0 spiro atoms. The van der Waals surface area contributed by atoms with Gasteiger partial charge in [-0.05, 0) is 67.4 Å². The Balaban J connectivity index is 1.34. The van der Waals surface area contributed by atoms with E-state index in [4.69, 9.17) is 25.8 Å². The molecule has 0 aliphatic carbocycles. The van der Waals surface area contributed by atoms with Crippen molar-refractivity contribution < 1.29 is 4.74 Å². The number of aromatic nitrogens is 4. The van der Waals surface area contributed by atoms with Crippen molar-refractivity contribution in [3.05, 3.63) is 89.5 Å². The summed E-state index contributed by atoms with van der Waals surface area (Å²) < 4.78 is 6.09. The smallest absolute Gasteiger partial charge is 0.122 e. The summed E-state index contributed by atoms with van der Waals surface area (Å²) in [7, 11) is 0. The Bertz CT molecular complexity index is 1460. The molecule has 8 nitrogen and oxygen atoms in total. The lowest BCUT2D eigenvalue weighted by atomic mass is 9.98. The topological polar surface area (TPSA) is 128 Å². The number of imidazole rings is 2. The zero-order valence-electron chi connectivity index (χ0n) is 19.2. The fourth-order valence-corrected chi connectivity index (χ4v) is 4.68. The molecule has 1 fully saturated rings. The number of hydrogen-bond acceptors (Lipinski definition) is 5. The molecule has 6 rings (SSSR count). The van der Waals surface area contributed by atoms with E-state index in [1.807, 2.05) is 54.6 Å². The van der Waals surface area contributed by atoms with E-state index in [1.165, 1.54) is 0 Å². The average Bonchev–Trinajstić information content (AvgIpc) is 3.62. The van der Waals surface area contributed by atoms with Gasteiger partial charge >= 0.3 is 0 Å². The van der Waals surface area contributed by atoms with Crippen LogP contribution in [-0.4, -0.2) is 45.0 Å². The van der Waals surface area contributed by atoms with Crippen molar-refractivity contribution in [2.24, 2.45) is 5.73 Å². The van der Waals surface area contributed by atoms with Crippen LogP contribution < -0.4 is 15.8 Å². The number of para-hydroxylation sites is 2. The van der Waals surface area contributed by atoms with Crippen molar-refractivity contribution in [2.75, 3.05) is 13.1 Å². The van der Waals surface area contributed by atoms with E-state index in [0.717, 1.165) is 64.5 Å². The van der Waals surface area contributed by atoms with Crippen molar-refractivity contribution in [3.63, 3.8) is 0 Å². The Hall–Kier alpha value is -4.17. The van der Waals surface area contributed by atoms with Gasteiger partial charge in [0.05, 0.1) is 28.0 Å². The van der Waals surface area contributed by atoms with Crippen LogP contribution in [0.5, 0.6) is 5.75 Å². The summed E-state index contributed by atoms with van der Waals surface area (Å²) in [5.41, 5.74) is 11.1. The van der Waals surface area contributed by atoms with Crippen LogP contribution in [0.4, 0.5) is 0 Å². The number of hydrogen-bond donors (Lipinski definition) is 5. The maximum absolute atomic E-state index is 7.75. The van der Waals surface area contributed by atoms with Crippen molar-refractivity contribution in [3.8, 4) is 5.75 Å². The molecule has 1 saturated heterocycles. The van der Waals surface area contributed by atoms with Gasteiger partial charge in [0.15, 0.2) is 0 Å². The zero-order chi connectivity index (χ0) is 23.8. The monoisotopic (exact) mass is 465 g/mol. The van der Waals surface area contributed by atoms with Crippen LogP contribution in [0.25, 0.3) is 22.1 Å². The summed E-state index contributed by atoms with van der Waals surface area (Å²) in [6.45, 7) is 1.90. The highest BCUT2D eigenvalue weighted by molar-refractivity contribution is 5.98. The van der Waals surface area contributed by atoms with E-state index in [1.54, 1.807) is 0 Å². The van der Waals surface area contributed by atoms with Crippen molar-refractivity contribution in [1.29, 1.82) is 5.41 Å². The van der Waals surface area contributed by atoms with E-state index in [2.05, 4.69) is 27.4 Å². The predicted octanol–water partition coefficient (Wildman–Crippen LogP) is 3.84. The van der Waals surface area contributed by atoms with E-state index in [9.17, 15) is 0 Å². The van der Waals surface area contributed by atoms with E-state index >= 15 is 0 Å². The number of aromatic amines is 2. The molecule has 35 heavy (non-hydrogen) atoms. The molecular weight excluding hydrogens is 438 g/mol. The first-order valence-electron chi connectivity index (χ1n) is 11.9. The Kier molecular flexibility index (Phi) is 5.42. The average molecular weight is 466 g/mol. The zero-order valence-corrected chi connectivity index (χ0v) is 19.2. The number of nitrogens with one attached hydrogen (secondary N) is 4. The summed E-state index contributed by atoms with van der Waals surface area (Å²) >= 11 is 0. The van der Waals surface area contributed by atoms with Gasteiger partial charge in [0.2, 0.25) is 0 Å². The first kappa shape index (κ1) is 21.4. The number of nitrogen functional groups attached to an aromatic ring is 1. The molecule has 8 heteroatoms. The molecule has 2 aromatic heterocycles. The van der Waals surface area contributed by atoms with Gasteiger partial charge in [0.1, 0.15) is 29.3 Å². The van der Waals surface area contributed by atoms with Crippen LogP contribution in [0.3, 0.4) is 0 Å². The minimum Gasteiger partial charge on any atom is -0.489 e. The summed E-state index contributed by atoms with van der Waals surface area (Å²) in [5, 5.41) is 11.1. The molecular formula is C27H27N7O. The van der Waals surface area contributed by atoms with Crippen LogP contribution in [0.1, 0.15) is 35.1 Å². The van der Waals surface area contributed by atoms with Gasteiger partial charge in [0, 0.05) is 12.1 Å². The second-order valence-electron chi connectivity index (χ2n) is 9.04. The van der Waals surface area contributed by atoms with E-state index < -0.39 is 0 Å². The van der Waals surface area contributed by atoms with Gasteiger partial charge in [-0.2, -0.15) is 0 Å². The number of nitrogens with two attached hydrogens (primary N) is 1. The van der Waals surface area contributed by atoms with Gasteiger partial charge in [0.25, 0.3) is 0 Å². The van der Waals surface area contributed by atoms with Crippen molar-refractivity contribution in [1.82, 2.24) is 25.3 Å². The Labute approximate surface area is 202 Å². The SMILES string of the molecule is N=C(N)c1ccc2nc(C(Cc3ccc(O[C@H]4CCNC4)cc3)c3nc4ccccc4[nH]3)[nH]c2c1. The molecule has 0 bridgehead atoms. The molecule has 6 N–H and O–H groups in total. The Morgan fingerprint density at radius 1 is 0.971 bits per heavy atom. The normalized spacial score (nSPS) is 16.6. The van der Waals surface area contributed by atoms with Crippen molar-refractivity contribution in [2.45, 2.75) is 24.9 Å². The predicted molar refractivity (Wildman–Crippen MR) is 137 cm³/mol. The maximum atomic E-state index is 7.75. The van der Waals surface area contributed by atoms with E-state index in [0.29, 0.717) is 12.0 Å². The fourth-order valence-electron chi connectivity index (χ4n) is 4.68. The van der Waals surface area contributed by atoms with Gasteiger partial charge in [-0.3, -0.25) is 5.41 Å². The largest absolute Gasteiger partial charge is 0.489 e. The summed E-state index contributed by atoms with van der Waals surface area (Å²) in [5.74, 6) is 2.49. The number of rotatable bonds is 7. The summed E-state index contributed by atoms with van der Waals surface area (Å²) in [6, 6.07) is 21.9. The van der Waals surface area contributed by atoms with Crippen LogP contribution in [-0.2, 0) is 6.42 Å². The molecule has 0 radical (unpaired) electrons. The molecule has 3 aromatic carbocycles. The molecule has 1 aliphatic rings. The fraction of sp³-hybridized carbons (Fsp3) is 0.222. The quantitative estimate of drug-likeness (QED) is 0.184. The second kappa shape index (κ2) is 8.88. The van der Waals surface area contributed by atoms with Gasteiger partial charge in [-0.25, -0.2) is 9.97 Å². The number of amidine groups is 1. The third-order valence-electron chi connectivity index (χ3n) is 6.56. The Morgan fingerprint density at radius 3 is 2.43 bits per heavy atom. The number of ether oxygens (including phenoxy) is 1. The highest BCUT2D eigenvalue weighted by Crippen LogP contribution is 2.29. The maximum Gasteiger partial charge on any atom is 0.122 e. The van der Waals surface area contributed by atoms with Crippen LogP contribution in [0.15, 0.2) is 66.7 Å². The van der Waals surface area contributed by atoms with Gasteiger partial charge < -0.3 is 25.8 Å². The third-order valence-corrected chi connectivity index (χ3v) is 6.56. The molecule has 176 valence electrons. The number of nitrogens with zero attached hydrogens (tertiary/aromatic N) is 2. The molecule has 3 heterocycles. The van der Waals surface area contributed by atoms with E-state index in [-0.39, 0.29) is 17.9 Å². The first-order valence-corrected chi connectivity index (χ1v) is 11.9. The number of benzene rings is 3. The molecule has 0 saturated carbocycles. The molecule has 1 aliphatic heterocycles. The molecule has 0 amide bonds. The molecule has 1 unspecified atom stereocenters. The first-order chi connectivity index (χ1) is 17.1. The third kappa shape index (κ3) is 4.36. The summed E-state index contributed by atoms with van der Waals surface area (Å²) in [6.07, 6.45) is 1.98. The number of H-pyrrole nitrogens is 2. The highest BCUT2D eigenvalue weighted by atomic mass is 16.5. The van der Waals surface area contributed by atoms with Crippen LogP contribution >= 0.6 is 0 Å². The minimum atomic E-state index is -0.110. The highest BCUT2D eigenvalue weighted by Gasteiger charge is 2.23. The lowest BCUT2D eigenvalue weighted by Crippen LogP contribution is -2.19. The standard InChI is InChI=1S/C27H27N7O/c28-25(29)17-7-10-23-24(14-17)34-27(33-23)20(26-31-21-3-1-2-4-22(21)32-26)13-16-5-8-18(9-6-16)35-19-11-12-30-15-19/h1-10,14,19-20,30H,11-13,15H2,(H3,28,29)(H,31,32)(H,33,34)/t19-,20?/m0/s1. The van der Waals surface area contributed by atoms with Gasteiger partial charge in [-0.15, -0.1) is 0 Å². The minimum absolute atomic E-state index is 0.0348. The van der Waals surface area contributed by atoms with Crippen molar-refractivity contribution >= 4 is 27.9 Å². The van der Waals surface area contributed by atoms with Gasteiger partial charge in [-0.1, -0.05) is 24.3 Å².